The SMILES string of the molecule is CCOC(=O)C1=C(CN2CCN(c3ccccc3C)CC2)NC(=O)NC1c1ccc(F)cc1. The summed E-state index contributed by atoms with van der Waals surface area (Å²) in [6, 6.07) is 13.0. The molecule has 0 aromatic heterocycles. The number of hydrogen-bond donors (Lipinski definition) is 2. The number of ether oxygens (including phenoxy) is 1. The fourth-order valence-electron chi connectivity index (χ4n) is 4.39. The van der Waals surface area contributed by atoms with Gasteiger partial charge in [0, 0.05) is 44.1 Å². The number of anilines is 1. The molecule has 174 valence electrons. The molecule has 2 amide bonds. The molecule has 1 unspecified atom stereocenters. The number of benzene rings is 2. The molecular formula is C25H29FN4O3. The van der Waals surface area contributed by atoms with Gasteiger partial charge in [0.2, 0.25) is 0 Å². The number of hydrogen-bond acceptors (Lipinski definition) is 5. The van der Waals surface area contributed by atoms with Crippen LogP contribution in [0.5, 0.6) is 0 Å². The van der Waals surface area contributed by atoms with Crippen LogP contribution in [0.1, 0.15) is 24.1 Å². The molecule has 0 aliphatic carbocycles. The summed E-state index contributed by atoms with van der Waals surface area (Å²) in [7, 11) is 0. The number of amides is 2. The smallest absolute Gasteiger partial charge is 0.338 e. The number of nitrogens with one attached hydrogen (secondary N) is 2. The maximum atomic E-state index is 13.5. The van der Waals surface area contributed by atoms with Gasteiger partial charge in [0.15, 0.2) is 0 Å². The quantitative estimate of drug-likeness (QED) is 0.659. The first-order chi connectivity index (χ1) is 16.0. The van der Waals surface area contributed by atoms with E-state index in [1.807, 2.05) is 12.1 Å². The molecule has 4 rings (SSSR count). The number of carbonyl (C=O) groups excluding carboxylic acids is 2. The van der Waals surface area contributed by atoms with Crippen LogP contribution in [-0.4, -0.2) is 56.2 Å². The van der Waals surface area contributed by atoms with Gasteiger partial charge < -0.3 is 20.3 Å². The van der Waals surface area contributed by atoms with Gasteiger partial charge in [0.1, 0.15) is 5.82 Å². The van der Waals surface area contributed by atoms with Crippen molar-refractivity contribution in [3.8, 4) is 0 Å². The summed E-state index contributed by atoms with van der Waals surface area (Å²) in [5.41, 5.74) is 3.97. The summed E-state index contributed by atoms with van der Waals surface area (Å²) < 4.78 is 18.8. The molecule has 2 aliphatic heterocycles. The van der Waals surface area contributed by atoms with E-state index in [-0.39, 0.29) is 12.4 Å². The normalized spacial score (nSPS) is 19.2. The Morgan fingerprint density at radius 3 is 2.45 bits per heavy atom. The van der Waals surface area contributed by atoms with Gasteiger partial charge in [-0.1, -0.05) is 30.3 Å². The number of rotatable bonds is 6. The second kappa shape index (κ2) is 10.0. The minimum atomic E-state index is -0.707. The topological polar surface area (TPSA) is 73.9 Å². The lowest BCUT2D eigenvalue weighted by atomic mass is 9.95. The van der Waals surface area contributed by atoms with Gasteiger partial charge in [0.25, 0.3) is 0 Å². The average molecular weight is 453 g/mol. The minimum Gasteiger partial charge on any atom is -0.463 e. The second-order valence-corrected chi connectivity index (χ2v) is 8.25. The molecule has 0 spiro atoms. The summed E-state index contributed by atoms with van der Waals surface area (Å²) in [6.07, 6.45) is 0. The summed E-state index contributed by atoms with van der Waals surface area (Å²) >= 11 is 0. The van der Waals surface area contributed by atoms with Crippen LogP contribution < -0.4 is 15.5 Å². The average Bonchev–Trinajstić information content (AvgIpc) is 2.80. The number of piperazine rings is 1. The molecule has 33 heavy (non-hydrogen) atoms. The Balaban J connectivity index is 1.56. The van der Waals surface area contributed by atoms with E-state index in [2.05, 4.69) is 39.5 Å². The molecule has 2 N–H and O–H groups in total. The van der Waals surface area contributed by atoms with Crippen molar-refractivity contribution < 1.29 is 18.7 Å². The van der Waals surface area contributed by atoms with Gasteiger partial charge in [-0.3, -0.25) is 4.90 Å². The lowest BCUT2D eigenvalue weighted by Gasteiger charge is -2.38. The summed E-state index contributed by atoms with van der Waals surface area (Å²) in [5.74, 6) is -0.875. The zero-order valence-electron chi connectivity index (χ0n) is 18.9. The van der Waals surface area contributed by atoms with E-state index in [1.54, 1.807) is 19.1 Å². The Hall–Kier alpha value is -3.39. The highest BCUT2D eigenvalue weighted by atomic mass is 19.1. The summed E-state index contributed by atoms with van der Waals surface area (Å²) in [6.45, 7) is 7.76. The van der Waals surface area contributed by atoms with Gasteiger partial charge in [-0.15, -0.1) is 0 Å². The Morgan fingerprint density at radius 1 is 1.09 bits per heavy atom. The van der Waals surface area contributed by atoms with Crippen LogP contribution in [0.25, 0.3) is 0 Å². The number of urea groups is 1. The molecule has 0 radical (unpaired) electrons. The molecule has 2 aliphatic rings. The third-order valence-corrected chi connectivity index (χ3v) is 6.06. The zero-order chi connectivity index (χ0) is 23.4. The van der Waals surface area contributed by atoms with Gasteiger partial charge in [-0.2, -0.15) is 0 Å². The fourth-order valence-corrected chi connectivity index (χ4v) is 4.39. The fraction of sp³-hybridized carbons (Fsp3) is 0.360. The molecule has 1 atom stereocenters. The molecule has 0 saturated carbocycles. The van der Waals surface area contributed by atoms with E-state index < -0.39 is 18.0 Å². The third kappa shape index (κ3) is 5.17. The van der Waals surface area contributed by atoms with Crippen molar-refractivity contribution in [1.29, 1.82) is 0 Å². The number of halogens is 1. The van der Waals surface area contributed by atoms with E-state index >= 15 is 0 Å². The first kappa shape index (κ1) is 22.8. The van der Waals surface area contributed by atoms with Crippen LogP contribution in [-0.2, 0) is 9.53 Å². The molecule has 7 nitrogen and oxygen atoms in total. The zero-order valence-corrected chi connectivity index (χ0v) is 18.9. The first-order valence-electron chi connectivity index (χ1n) is 11.2. The molecule has 1 saturated heterocycles. The molecule has 2 heterocycles. The number of nitrogens with zero attached hydrogens (tertiary/aromatic N) is 2. The van der Waals surface area contributed by atoms with Crippen LogP contribution in [0.4, 0.5) is 14.9 Å². The van der Waals surface area contributed by atoms with Crippen molar-refractivity contribution in [3.05, 3.63) is 76.7 Å². The largest absolute Gasteiger partial charge is 0.463 e. The molecule has 2 aromatic rings. The van der Waals surface area contributed by atoms with Crippen LogP contribution in [0, 0.1) is 12.7 Å². The van der Waals surface area contributed by atoms with Crippen molar-refractivity contribution in [2.45, 2.75) is 19.9 Å². The maximum Gasteiger partial charge on any atom is 0.338 e. The van der Waals surface area contributed by atoms with E-state index in [1.165, 1.54) is 23.4 Å². The Labute approximate surface area is 193 Å². The summed E-state index contributed by atoms with van der Waals surface area (Å²) in [5, 5.41) is 5.60. The van der Waals surface area contributed by atoms with Crippen LogP contribution in [0.2, 0.25) is 0 Å². The highest BCUT2D eigenvalue weighted by molar-refractivity contribution is 5.95. The molecule has 2 aromatic carbocycles. The second-order valence-electron chi connectivity index (χ2n) is 8.25. The lowest BCUT2D eigenvalue weighted by Crippen LogP contribution is -2.52. The van der Waals surface area contributed by atoms with Crippen molar-refractivity contribution in [1.82, 2.24) is 15.5 Å². The minimum absolute atomic E-state index is 0.217. The van der Waals surface area contributed by atoms with Crippen LogP contribution >= 0.6 is 0 Å². The highest BCUT2D eigenvalue weighted by Crippen LogP contribution is 2.29. The summed E-state index contributed by atoms with van der Waals surface area (Å²) in [4.78, 5) is 29.9. The molecular weight excluding hydrogens is 423 g/mol. The number of aryl methyl sites for hydroxylation is 1. The number of esters is 1. The van der Waals surface area contributed by atoms with Gasteiger partial charge in [-0.05, 0) is 43.2 Å². The van der Waals surface area contributed by atoms with Crippen LogP contribution in [0.3, 0.4) is 0 Å². The maximum absolute atomic E-state index is 13.5. The van der Waals surface area contributed by atoms with E-state index in [9.17, 15) is 14.0 Å². The van der Waals surface area contributed by atoms with E-state index in [0.29, 0.717) is 23.4 Å². The van der Waals surface area contributed by atoms with Gasteiger partial charge in [-0.25, -0.2) is 14.0 Å². The van der Waals surface area contributed by atoms with Crippen molar-refractivity contribution in [2.75, 3.05) is 44.2 Å². The van der Waals surface area contributed by atoms with Crippen molar-refractivity contribution >= 4 is 17.7 Å². The lowest BCUT2D eigenvalue weighted by molar-refractivity contribution is -0.139. The number of para-hydroxylation sites is 1. The monoisotopic (exact) mass is 452 g/mol. The Morgan fingerprint density at radius 2 is 1.79 bits per heavy atom. The first-order valence-corrected chi connectivity index (χ1v) is 11.2. The van der Waals surface area contributed by atoms with Gasteiger partial charge in [0.05, 0.1) is 18.2 Å². The molecule has 0 bridgehead atoms. The third-order valence-electron chi connectivity index (χ3n) is 6.06. The Bertz CT molecular complexity index is 1050. The predicted octanol–water partition coefficient (Wildman–Crippen LogP) is 3.13. The molecule has 1 fully saturated rings. The van der Waals surface area contributed by atoms with E-state index in [0.717, 1.165) is 26.2 Å². The van der Waals surface area contributed by atoms with Crippen molar-refractivity contribution in [2.24, 2.45) is 0 Å². The highest BCUT2D eigenvalue weighted by Gasteiger charge is 2.34. The van der Waals surface area contributed by atoms with E-state index in [4.69, 9.17) is 4.74 Å². The van der Waals surface area contributed by atoms with Crippen LogP contribution in [0.15, 0.2) is 59.8 Å². The number of carbonyl (C=O) groups is 2. The molecule has 8 heteroatoms. The predicted molar refractivity (Wildman–Crippen MR) is 124 cm³/mol. The van der Waals surface area contributed by atoms with Gasteiger partial charge >= 0.3 is 12.0 Å². The Kier molecular flexibility index (Phi) is 6.93. The standard InChI is InChI=1S/C25H29FN4O3/c1-3-33-24(31)22-20(27-25(32)28-23(22)18-8-10-19(26)11-9-18)16-29-12-14-30(15-13-29)21-7-5-4-6-17(21)2/h4-11,23H,3,12-16H2,1-2H3,(H2,27,28,32). The van der Waals surface area contributed by atoms with Crippen molar-refractivity contribution in [3.63, 3.8) is 0 Å².